The van der Waals surface area contributed by atoms with Crippen LogP contribution in [0.3, 0.4) is 0 Å². The van der Waals surface area contributed by atoms with Crippen molar-refractivity contribution in [3.05, 3.63) is 30.1 Å². The largest absolute Gasteiger partial charge is 0.265 e. The van der Waals surface area contributed by atoms with E-state index in [1.807, 2.05) is 12.4 Å². The fourth-order valence-corrected chi connectivity index (χ4v) is 1.63. The lowest BCUT2D eigenvalue weighted by molar-refractivity contribution is 0.673. The van der Waals surface area contributed by atoms with E-state index in [0.717, 1.165) is 19.3 Å². The molecule has 1 aromatic rings. The summed E-state index contributed by atoms with van der Waals surface area (Å²) in [5, 5.41) is 0.133. The first-order chi connectivity index (χ1) is 6.83. The molecule has 0 saturated heterocycles. The van der Waals surface area contributed by atoms with Crippen LogP contribution in [-0.2, 0) is 6.42 Å². The van der Waals surface area contributed by atoms with E-state index in [4.69, 9.17) is 23.2 Å². The first kappa shape index (κ1) is 11.8. The van der Waals surface area contributed by atoms with Gasteiger partial charge in [-0.15, -0.1) is 23.2 Å². The zero-order valence-corrected chi connectivity index (χ0v) is 9.64. The maximum atomic E-state index is 5.91. The SMILES string of the molecule is ClCC(Cl)CCCCc1ccncc1. The van der Waals surface area contributed by atoms with Gasteiger partial charge in [-0.05, 0) is 37.0 Å². The van der Waals surface area contributed by atoms with Gasteiger partial charge in [0.25, 0.3) is 0 Å². The number of hydrogen-bond acceptors (Lipinski definition) is 1. The van der Waals surface area contributed by atoms with Crippen LogP contribution in [0.4, 0.5) is 0 Å². The van der Waals surface area contributed by atoms with E-state index in [1.54, 1.807) is 0 Å². The molecule has 14 heavy (non-hydrogen) atoms. The Hall–Kier alpha value is -0.270. The van der Waals surface area contributed by atoms with E-state index in [2.05, 4.69) is 17.1 Å². The minimum absolute atomic E-state index is 0.133. The molecule has 1 unspecified atom stereocenters. The second-order valence-corrected chi connectivity index (χ2v) is 4.28. The quantitative estimate of drug-likeness (QED) is 0.539. The van der Waals surface area contributed by atoms with Crippen molar-refractivity contribution >= 4 is 23.2 Å². The molecule has 1 atom stereocenters. The lowest BCUT2D eigenvalue weighted by atomic mass is 10.1. The van der Waals surface area contributed by atoms with Gasteiger partial charge in [-0.25, -0.2) is 0 Å². The topological polar surface area (TPSA) is 12.9 Å². The molecule has 0 aliphatic heterocycles. The number of aryl methyl sites for hydroxylation is 1. The zero-order valence-electron chi connectivity index (χ0n) is 8.13. The summed E-state index contributed by atoms with van der Waals surface area (Å²) >= 11 is 11.5. The Morgan fingerprint density at radius 1 is 1.21 bits per heavy atom. The molecule has 1 aromatic heterocycles. The van der Waals surface area contributed by atoms with Gasteiger partial charge in [-0.2, -0.15) is 0 Å². The number of halogens is 2. The van der Waals surface area contributed by atoms with E-state index in [1.165, 1.54) is 12.0 Å². The summed E-state index contributed by atoms with van der Waals surface area (Å²) in [6.07, 6.45) is 8.09. The van der Waals surface area contributed by atoms with Gasteiger partial charge in [0.05, 0.1) is 0 Å². The average Bonchev–Trinajstić information content (AvgIpc) is 2.25. The lowest BCUT2D eigenvalue weighted by Gasteiger charge is -2.04. The maximum absolute atomic E-state index is 5.91. The molecule has 0 aliphatic carbocycles. The molecule has 0 aromatic carbocycles. The minimum atomic E-state index is 0.133. The molecule has 0 amide bonds. The molecule has 1 rings (SSSR count). The molecule has 0 fully saturated rings. The fourth-order valence-electron chi connectivity index (χ4n) is 1.32. The van der Waals surface area contributed by atoms with Crippen molar-refractivity contribution in [1.82, 2.24) is 4.98 Å². The Bertz CT molecular complexity index is 238. The van der Waals surface area contributed by atoms with Crippen LogP contribution in [0, 0.1) is 0 Å². The number of alkyl halides is 2. The van der Waals surface area contributed by atoms with E-state index in [-0.39, 0.29) is 5.38 Å². The lowest BCUT2D eigenvalue weighted by Crippen LogP contribution is -1.99. The van der Waals surface area contributed by atoms with Gasteiger partial charge < -0.3 is 0 Å². The van der Waals surface area contributed by atoms with Crippen molar-refractivity contribution in [3.8, 4) is 0 Å². The average molecular weight is 232 g/mol. The van der Waals surface area contributed by atoms with Crippen molar-refractivity contribution in [2.24, 2.45) is 0 Å². The van der Waals surface area contributed by atoms with Gasteiger partial charge in [-0.3, -0.25) is 4.98 Å². The highest BCUT2D eigenvalue weighted by Crippen LogP contribution is 2.11. The summed E-state index contributed by atoms with van der Waals surface area (Å²) < 4.78 is 0. The van der Waals surface area contributed by atoms with Crippen LogP contribution in [0.25, 0.3) is 0 Å². The van der Waals surface area contributed by atoms with Crippen LogP contribution in [0.2, 0.25) is 0 Å². The van der Waals surface area contributed by atoms with Gasteiger partial charge in [0.1, 0.15) is 0 Å². The minimum Gasteiger partial charge on any atom is -0.265 e. The molecule has 1 nitrogen and oxygen atoms in total. The highest BCUT2D eigenvalue weighted by atomic mass is 35.5. The third-order valence-electron chi connectivity index (χ3n) is 2.15. The third kappa shape index (κ3) is 4.83. The first-order valence-electron chi connectivity index (χ1n) is 4.92. The highest BCUT2D eigenvalue weighted by molar-refractivity contribution is 6.28. The Balaban J connectivity index is 2.10. The smallest absolute Gasteiger partial charge is 0.0471 e. The number of aromatic nitrogens is 1. The van der Waals surface area contributed by atoms with Crippen molar-refractivity contribution in [3.63, 3.8) is 0 Å². The molecule has 0 saturated carbocycles. The van der Waals surface area contributed by atoms with Crippen LogP contribution >= 0.6 is 23.2 Å². The van der Waals surface area contributed by atoms with Crippen molar-refractivity contribution in [2.75, 3.05) is 5.88 Å². The van der Waals surface area contributed by atoms with Gasteiger partial charge in [0.2, 0.25) is 0 Å². The Labute approximate surface area is 95.4 Å². The monoisotopic (exact) mass is 231 g/mol. The second kappa shape index (κ2) is 7.08. The second-order valence-electron chi connectivity index (χ2n) is 3.35. The Morgan fingerprint density at radius 3 is 2.57 bits per heavy atom. The molecule has 0 aliphatic rings. The Morgan fingerprint density at radius 2 is 1.93 bits per heavy atom. The van der Waals surface area contributed by atoms with Crippen LogP contribution in [0.15, 0.2) is 24.5 Å². The Kier molecular flexibility index (Phi) is 5.97. The van der Waals surface area contributed by atoms with Crippen molar-refractivity contribution in [1.29, 1.82) is 0 Å². The number of hydrogen-bond donors (Lipinski definition) is 0. The molecule has 3 heteroatoms. The first-order valence-corrected chi connectivity index (χ1v) is 5.89. The molecule has 78 valence electrons. The van der Waals surface area contributed by atoms with Crippen LogP contribution < -0.4 is 0 Å². The molecule has 1 heterocycles. The van der Waals surface area contributed by atoms with E-state index in [9.17, 15) is 0 Å². The fraction of sp³-hybridized carbons (Fsp3) is 0.545. The predicted molar refractivity (Wildman–Crippen MR) is 62.2 cm³/mol. The van der Waals surface area contributed by atoms with E-state index in [0.29, 0.717) is 5.88 Å². The van der Waals surface area contributed by atoms with Crippen LogP contribution in [-0.4, -0.2) is 16.2 Å². The van der Waals surface area contributed by atoms with Gasteiger partial charge in [-0.1, -0.05) is 6.42 Å². The van der Waals surface area contributed by atoms with Crippen LogP contribution in [0.5, 0.6) is 0 Å². The normalized spacial score (nSPS) is 12.7. The molecule has 0 bridgehead atoms. The van der Waals surface area contributed by atoms with Gasteiger partial charge >= 0.3 is 0 Å². The summed E-state index contributed by atoms with van der Waals surface area (Å²) in [5.41, 5.74) is 1.34. The molecule has 0 N–H and O–H groups in total. The predicted octanol–water partition coefficient (Wildman–Crippen LogP) is 3.64. The number of unbranched alkanes of at least 4 members (excludes halogenated alkanes) is 1. The zero-order chi connectivity index (χ0) is 10.2. The van der Waals surface area contributed by atoms with Crippen LogP contribution in [0.1, 0.15) is 24.8 Å². The van der Waals surface area contributed by atoms with E-state index < -0.39 is 0 Å². The summed E-state index contributed by atoms with van der Waals surface area (Å²) in [7, 11) is 0. The number of pyridine rings is 1. The third-order valence-corrected chi connectivity index (χ3v) is 3.05. The van der Waals surface area contributed by atoms with Gasteiger partial charge in [0.15, 0.2) is 0 Å². The highest BCUT2D eigenvalue weighted by Gasteiger charge is 2.01. The van der Waals surface area contributed by atoms with Crippen molar-refractivity contribution < 1.29 is 0 Å². The van der Waals surface area contributed by atoms with Gasteiger partial charge in [0, 0.05) is 23.7 Å². The summed E-state index contributed by atoms with van der Waals surface area (Å²) in [6.45, 7) is 0. The summed E-state index contributed by atoms with van der Waals surface area (Å²) in [4.78, 5) is 3.98. The summed E-state index contributed by atoms with van der Waals surface area (Å²) in [5.74, 6) is 0.552. The number of nitrogens with zero attached hydrogens (tertiary/aromatic N) is 1. The van der Waals surface area contributed by atoms with Crippen molar-refractivity contribution in [2.45, 2.75) is 31.1 Å². The maximum Gasteiger partial charge on any atom is 0.0471 e. The summed E-state index contributed by atoms with van der Waals surface area (Å²) in [6, 6.07) is 4.11. The molecule has 0 radical (unpaired) electrons. The number of rotatable bonds is 6. The molecular formula is C11H15Cl2N. The standard InChI is InChI=1S/C11H15Cl2N/c12-9-11(13)4-2-1-3-10-5-7-14-8-6-10/h5-8,11H,1-4,9H2. The molecule has 0 spiro atoms. The molecular weight excluding hydrogens is 217 g/mol. The van der Waals surface area contributed by atoms with E-state index >= 15 is 0 Å².